The van der Waals surface area contributed by atoms with Crippen LogP contribution in [-0.2, 0) is 9.59 Å². The third-order valence-corrected chi connectivity index (χ3v) is 5.40. The molecule has 0 aliphatic carbocycles. The van der Waals surface area contributed by atoms with Crippen LogP contribution in [-0.4, -0.2) is 49.4 Å². The average Bonchev–Trinajstić information content (AvgIpc) is 3.40. The van der Waals surface area contributed by atoms with Crippen LogP contribution in [0, 0.1) is 5.92 Å². The number of H-pyrrole nitrogens is 1. The minimum absolute atomic E-state index is 0.0963. The summed E-state index contributed by atoms with van der Waals surface area (Å²) in [5, 5.41) is 6.48. The summed E-state index contributed by atoms with van der Waals surface area (Å²) in [6.07, 6.45) is 1.83. The van der Waals surface area contributed by atoms with Gasteiger partial charge >= 0.3 is 0 Å². The molecule has 160 valence electrons. The molecule has 0 radical (unpaired) electrons. The van der Waals surface area contributed by atoms with E-state index in [1.165, 1.54) is 0 Å². The van der Waals surface area contributed by atoms with Crippen molar-refractivity contribution >= 4 is 34.3 Å². The van der Waals surface area contributed by atoms with Crippen LogP contribution in [0.3, 0.4) is 0 Å². The van der Waals surface area contributed by atoms with E-state index in [9.17, 15) is 14.4 Å². The highest BCUT2D eigenvalue weighted by Gasteiger charge is 2.35. The minimum atomic E-state index is -0.428. The summed E-state index contributed by atoms with van der Waals surface area (Å²) in [6.45, 7) is 0.903. The number of aromatic amines is 1. The minimum Gasteiger partial charge on any atom is -0.497 e. The quantitative estimate of drug-likeness (QED) is 0.509. The van der Waals surface area contributed by atoms with Gasteiger partial charge in [0.25, 0.3) is 5.91 Å². The Balaban J connectivity index is 1.26. The number of methoxy groups -OCH3 is 1. The molecule has 2 aromatic carbocycles. The molecule has 8 heteroatoms. The zero-order chi connectivity index (χ0) is 21.8. The largest absolute Gasteiger partial charge is 0.497 e. The number of fused-ring (bicyclic) bond motifs is 1. The Hall–Kier alpha value is -3.81. The van der Waals surface area contributed by atoms with Gasteiger partial charge in [-0.1, -0.05) is 24.3 Å². The fourth-order valence-electron chi connectivity index (χ4n) is 3.77. The highest BCUT2D eigenvalue weighted by molar-refractivity contribution is 6.06. The lowest BCUT2D eigenvalue weighted by atomic mass is 10.1. The Labute approximate surface area is 179 Å². The molecule has 0 saturated carbocycles. The van der Waals surface area contributed by atoms with Crippen molar-refractivity contribution in [3.63, 3.8) is 0 Å². The second-order valence-electron chi connectivity index (χ2n) is 7.40. The first-order valence-electron chi connectivity index (χ1n) is 10.1. The number of anilines is 1. The molecule has 1 aromatic heterocycles. The lowest BCUT2D eigenvalue weighted by molar-refractivity contribution is -0.126. The molecule has 31 heavy (non-hydrogen) atoms. The van der Waals surface area contributed by atoms with Gasteiger partial charge in [0.05, 0.1) is 18.6 Å². The fourth-order valence-corrected chi connectivity index (χ4v) is 3.77. The second kappa shape index (κ2) is 8.91. The smallest absolute Gasteiger partial charge is 0.253 e. The molecule has 1 aliphatic heterocycles. The lowest BCUT2D eigenvalue weighted by Gasteiger charge is -2.17. The number of carbonyl (C=O) groups excluding carboxylic acids is 3. The first kappa shape index (κ1) is 20.5. The number of rotatable bonds is 7. The van der Waals surface area contributed by atoms with Crippen molar-refractivity contribution in [2.75, 3.05) is 31.6 Å². The van der Waals surface area contributed by atoms with E-state index in [0.717, 1.165) is 10.9 Å². The van der Waals surface area contributed by atoms with Crippen LogP contribution in [0.15, 0.2) is 54.7 Å². The molecule has 1 saturated heterocycles. The fraction of sp³-hybridized carbons (Fsp3) is 0.261. The third-order valence-electron chi connectivity index (χ3n) is 5.40. The van der Waals surface area contributed by atoms with Gasteiger partial charge in [0.15, 0.2) is 0 Å². The van der Waals surface area contributed by atoms with E-state index < -0.39 is 5.92 Å². The molecule has 0 unspecified atom stereocenters. The average molecular weight is 420 g/mol. The highest BCUT2D eigenvalue weighted by Crippen LogP contribution is 2.28. The van der Waals surface area contributed by atoms with Crippen LogP contribution >= 0.6 is 0 Å². The molecule has 8 nitrogen and oxygen atoms in total. The molecule has 3 aromatic rings. The standard InChI is InChI=1S/C23H24N4O4/c1-31-17-6-4-5-16(12-17)27-14-15(11-21(27)28)22(29)24-9-10-25-23(30)19-13-26-20-8-3-2-7-18(19)20/h2-8,12-13,15,26H,9-11,14H2,1H3,(H,24,29)(H,25,30)/t15-/m0/s1. The molecular formula is C23H24N4O4. The van der Waals surface area contributed by atoms with Crippen LogP contribution < -0.4 is 20.3 Å². The number of nitrogens with one attached hydrogen (secondary N) is 3. The summed E-state index contributed by atoms with van der Waals surface area (Å²) < 4.78 is 5.21. The predicted molar refractivity (Wildman–Crippen MR) is 117 cm³/mol. The number of ether oxygens (including phenoxy) is 1. The summed E-state index contributed by atoms with van der Waals surface area (Å²) >= 11 is 0. The zero-order valence-corrected chi connectivity index (χ0v) is 17.2. The molecule has 0 bridgehead atoms. The topological polar surface area (TPSA) is 104 Å². The molecule has 3 N–H and O–H groups in total. The monoisotopic (exact) mass is 420 g/mol. The molecular weight excluding hydrogens is 396 g/mol. The van der Waals surface area contributed by atoms with E-state index in [4.69, 9.17) is 4.74 Å². The lowest BCUT2D eigenvalue weighted by Crippen LogP contribution is -2.38. The second-order valence-corrected chi connectivity index (χ2v) is 7.40. The highest BCUT2D eigenvalue weighted by atomic mass is 16.5. The Morgan fingerprint density at radius 3 is 2.77 bits per heavy atom. The number of hydrogen-bond donors (Lipinski definition) is 3. The molecule has 1 fully saturated rings. The van der Waals surface area contributed by atoms with E-state index >= 15 is 0 Å². The van der Waals surface area contributed by atoms with Crippen molar-refractivity contribution in [2.45, 2.75) is 6.42 Å². The first-order valence-corrected chi connectivity index (χ1v) is 10.1. The van der Waals surface area contributed by atoms with E-state index in [1.807, 2.05) is 36.4 Å². The van der Waals surface area contributed by atoms with Crippen molar-refractivity contribution in [1.29, 1.82) is 0 Å². The summed E-state index contributed by atoms with van der Waals surface area (Å²) in [5.74, 6) is -0.264. The number of para-hydroxylation sites is 1. The zero-order valence-electron chi connectivity index (χ0n) is 17.2. The van der Waals surface area contributed by atoms with Gasteiger partial charge in [-0.2, -0.15) is 0 Å². The number of amides is 3. The molecule has 2 heterocycles. The van der Waals surface area contributed by atoms with Crippen molar-refractivity contribution in [3.8, 4) is 5.75 Å². The summed E-state index contributed by atoms with van der Waals surface area (Å²) in [6, 6.07) is 14.8. The molecule has 1 aliphatic rings. The van der Waals surface area contributed by atoms with Crippen LogP contribution in [0.5, 0.6) is 5.75 Å². The Bertz CT molecular complexity index is 1120. The van der Waals surface area contributed by atoms with Gasteiger partial charge in [-0.15, -0.1) is 0 Å². The normalized spacial score (nSPS) is 15.8. The first-order chi connectivity index (χ1) is 15.1. The van der Waals surface area contributed by atoms with E-state index in [2.05, 4.69) is 15.6 Å². The Kier molecular flexibility index (Phi) is 5.88. The molecule has 0 spiro atoms. The SMILES string of the molecule is COc1cccc(N2C[C@@H](C(=O)NCCNC(=O)c3c[nH]c4ccccc34)CC2=O)c1. The maximum absolute atomic E-state index is 12.5. The maximum atomic E-state index is 12.5. The third kappa shape index (κ3) is 4.37. The Morgan fingerprint density at radius 1 is 1.13 bits per heavy atom. The van der Waals surface area contributed by atoms with Crippen molar-refractivity contribution in [1.82, 2.24) is 15.6 Å². The molecule has 3 amide bonds. The van der Waals surface area contributed by atoms with Crippen molar-refractivity contribution < 1.29 is 19.1 Å². The number of carbonyl (C=O) groups is 3. The van der Waals surface area contributed by atoms with Crippen LogP contribution in [0.4, 0.5) is 5.69 Å². The van der Waals surface area contributed by atoms with Gasteiger partial charge < -0.3 is 25.3 Å². The maximum Gasteiger partial charge on any atom is 0.253 e. The van der Waals surface area contributed by atoms with Gasteiger partial charge in [-0.25, -0.2) is 0 Å². The van der Waals surface area contributed by atoms with Crippen molar-refractivity contribution in [2.24, 2.45) is 5.92 Å². The summed E-state index contributed by atoms with van der Waals surface area (Å²) in [5.41, 5.74) is 2.18. The van der Waals surface area contributed by atoms with Crippen LogP contribution in [0.2, 0.25) is 0 Å². The van der Waals surface area contributed by atoms with E-state index in [0.29, 0.717) is 30.1 Å². The molecule has 4 rings (SSSR count). The number of benzene rings is 2. The van der Waals surface area contributed by atoms with Crippen molar-refractivity contribution in [3.05, 3.63) is 60.3 Å². The summed E-state index contributed by atoms with van der Waals surface area (Å²) in [7, 11) is 1.57. The predicted octanol–water partition coefficient (Wildman–Crippen LogP) is 2.08. The van der Waals surface area contributed by atoms with E-state index in [-0.39, 0.29) is 30.7 Å². The van der Waals surface area contributed by atoms with Gasteiger partial charge in [0, 0.05) is 54.9 Å². The van der Waals surface area contributed by atoms with Crippen LogP contribution in [0.25, 0.3) is 10.9 Å². The Morgan fingerprint density at radius 2 is 1.94 bits per heavy atom. The van der Waals surface area contributed by atoms with Gasteiger partial charge in [-0.3, -0.25) is 14.4 Å². The number of nitrogens with zero attached hydrogens (tertiary/aromatic N) is 1. The van der Waals surface area contributed by atoms with Gasteiger partial charge in [0.2, 0.25) is 11.8 Å². The van der Waals surface area contributed by atoms with Gasteiger partial charge in [-0.05, 0) is 18.2 Å². The number of aromatic nitrogens is 1. The van der Waals surface area contributed by atoms with Gasteiger partial charge in [0.1, 0.15) is 5.75 Å². The van der Waals surface area contributed by atoms with E-state index in [1.54, 1.807) is 30.3 Å². The van der Waals surface area contributed by atoms with Crippen LogP contribution in [0.1, 0.15) is 16.8 Å². The number of hydrogen-bond acceptors (Lipinski definition) is 4. The molecule has 1 atom stereocenters. The summed E-state index contributed by atoms with van der Waals surface area (Å²) in [4.78, 5) is 42.0.